The lowest BCUT2D eigenvalue weighted by atomic mass is 9.84. The quantitative estimate of drug-likeness (QED) is 0.274. The van der Waals surface area contributed by atoms with Gasteiger partial charge >= 0.3 is 0 Å². The summed E-state index contributed by atoms with van der Waals surface area (Å²) in [5, 5.41) is 2.48. The Morgan fingerprint density at radius 2 is 1.09 bits per heavy atom. The van der Waals surface area contributed by atoms with Crippen LogP contribution in [0.4, 0.5) is 0 Å². The van der Waals surface area contributed by atoms with Gasteiger partial charge in [0.25, 0.3) is 0 Å². The van der Waals surface area contributed by atoms with Gasteiger partial charge in [-0.1, -0.05) is 84.9 Å². The highest BCUT2D eigenvalue weighted by Gasteiger charge is 2.17. The molecule has 0 saturated heterocycles. The Morgan fingerprint density at radius 1 is 0.545 bits per heavy atom. The molecule has 0 amide bonds. The highest BCUT2D eigenvalue weighted by Crippen LogP contribution is 2.42. The van der Waals surface area contributed by atoms with Crippen LogP contribution >= 0.6 is 0 Å². The number of rotatable bonds is 6. The van der Waals surface area contributed by atoms with Gasteiger partial charge in [0.2, 0.25) is 0 Å². The maximum atomic E-state index is 5.43. The lowest BCUT2D eigenvalue weighted by molar-refractivity contribution is 0.414. The second kappa shape index (κ2) is 9.22. The molecule has 0 N–H and O–H groups in total. The van der Waals surface area contributed by atoms with Crippen LogP contribution in [0.3, 0.4) is 0 Å². The van der Waals surface area contributed by atoms with E-state index >= 15 is 0 Å². The van der Waals surface area contributed by atoms with Crippen molar-refractivity contribution in [2.45, 2.75) is 6.42 Å². The van der Waals surface area contributed by atoms with Crippen LogP contribution in [0.5, 0.6) is 11.5 Å². The van der Waals surface area contributed by atoms with Gasteiger partial charge < -0.3 is 9.47 Å². The highest BCUT2D eigenvalue weighted by molar-refractivity contribution is 6.05. The normalized spacial score (nSPS) is 10.8. The molecule has 5 aromatic carbocycles. The van der Waals surface area contributed by atoms with Crippen LogP contribution in [-0.2, 0) is 6.42 Å². The second-order valence-corrected chi connectivity index (χ2v) is 8.13. The number of methoxy groups -OCH3 is 2. The first-order valence-corrected chi connectivity index (χ1v) is 11.1. The third-order valence-corrected chi connectivity index (χ3v) is 6.13. The van der Waals surface area contributed by atoms with E-state index in [2.05, 4.69) is 84.9 Å². The molecule has 0 aromatic heterocycles. The van der Waals surface area contributed by atoms with E-state index in [1.54, 1.807) is 14.2 Å². The van der Waals surface area contributed by atoms with Crippen molar-refractivity contribution >= 4 is 10.8 Å². The average Bonchev–Trinajstić information content (AvgIpc) is 2.89. The van der Waals surface area contributed by atoms with Crippen molar-refractivity contribution in [1.29, 1.82) is 0 Å². The van der Waals surface area contributed by atoms with E-state index in [4.69, 9.17) is 9.47 Å². The zero-order valence-corrected chi connectivity index (χ0v) is 18.9. The van der Waals surface area contributed by atoms with Crippen molar-refractivity contribution in [1.82, 2.24) is 0 Å². The molecule has 0 atom stereocenters. The summed E-state index contributed by atoms with van der Waals surface area (Å²) in [4.78, 5) is 0. The summed E-state index contributed by atoms with van der Waals surface area (Å²) in [5.74, 6) is 1.71. The van der Waals surface area contributed by atoms with Gasteiger partial charge in [0.15, 0.2) is 0 Å². The van der Waals surface area contributed by atoms with Crippen molar-refractivity contribution in [3.8, 4) is 33.8 Å². The molecule has 0 fully saturated rings. The lowest BCUT2D eigenvalue weighted by Gasteiger charge is -2.20. The Bertz CT molecular complexity index is 1370. The monoisotopic (exact) mass is 430 g/mol. The van der Waals surface area contributed by atoms with Crippen molar-refractivity contribution in [3.05, 3.63) is 120 Å². The third-order valence-electron chi connectivity index (χ3n) is 6.13. The Kier molecular flexibility index (Phi) is 5.82. The Balaban J connectivity index is 1.81. The second-order valence-electron chi connectivity index (χ2n) is 8.13. The van der Waals surface area contributed by atoms with Crippen LogP contribution in [0.15, 0.2) is 109 Å². The topological polar surface area (TPSA) is 18.5 Å². The summed E-state index contributed by atoms with van der Waals surface area (Å²) in [7, 11) is 3.41. The van der Waals surface area contributed by atoms with E-state index in [9.17, 15) is 0 Å². The molecule has 0 heterocycles. The van der Waals surface area contributed by atoms with Gasteiger partial charge in [-0.3, -0.25) is 0 Å². The molecular weight excluding hydrogens is 404 g/mol. The average molecular weight is 431 g/mol. The molecule has 33 heavy (non-hydrogen) atoms. The Morgan fingerprint density at radius 3 is 1.70 bits per heavy atom. The van der Waals surface area contributed by atoms with Gasteiger partial charge in [0, 0.05) is 0 Å². The predicted molar refractivity (Wildman–Crippen MR) is 137 cm³/mol. The molecule has 2 heteroatoms. The van der Waals surface area contributed by atoms with Gasteiger partial charge in [0.05, 0.1) is 14.2 Å². The molecule has 162 valence electrons. The highest BCUT2D eigenvalue weighted by atomic mass is 16.5. The molecule has 0 aliphatic rings. The maximum Gasteiger partial charge on any atom is 0.118 e. The summed E-state index contributed by atoms with van der Waals surface area (Å²) in [5.41, 5.74) is 7.45. The summed E-state index contributed by atoms with van der Waals surface area (Å²) in [6, 6.07) is 38.4. The van der Waals surface area contributed by atoms with Crippen molar-refractivity contribution in [2.75, 3.05) is 14.2 Å². The van der Waals surface area contributed by atoms with Gasteiger partial charge in [-0.25, -0.2) is 0 Å². The molecule has 0 unspecified atom stereocenters. The molecule has 5 rings (SSSR count). The van der Waals surface area contributed by atoms with Crippen LogP contribution < -0.4 is 9.47 Å². The summed E-state index contributed by atoms with van der Waals surface area (Å²) < 4.78 is 10.8. The summed E-state index contributed by atoms with van der Waals surface area (Å²) in [6.45, 7) is 0. The zero-order valence-electron chi connectivity index (χ0n) is 18.9. The van der Waals surface area contributed by atoms with Crippen LogP contribution in [0.1, 0.15) is 11.1 Å². The minimum absolute atomic E-state index is 0.856. The Hall–Kier alpha value is -4.04. The first-order valence-electron chi connectivity index (χ1n) is 11.1. The van der Waals surface area contributed by atoms with E-state index in [0.29, 0.717) is 0 Å². The fraction of sp³-hybridized carbons (Fsp3) is 0.0968. The van der Waals surface area contributed by atoms with Crippen LogP contribution in [0.2, 0.25) is 0 Å². The summed E-state index contributed by atoms with van der Waals surface area (Å²) in [6.07, 6.45) is 0.857. The molecule has 2 nitrogen and oxygen atoms in total. The lowest BCUT2D eigenvalue weighted by Crippen LogP contribution is -1.97. The SMILES string of the molecule is COc1ccc(-c2c(Cc3ccccc3)cc3ccccc3c2-c2ccc(OC)cc2)cc1. The smallest absolute Gasteiger partial charge is 0.118 e. The molecule has 0 aliphatic carbocycles. The number of fused-ring (bicyclic) bond motifs is 1. The van der Waals surface area contributed by atoms with E-state index in [1.165, 1.54) is 44.2 Å². The number of ether oxygens (including phenoxy) is 2. The van der Waals surface area contributed by atoms with Crippen molar-refractivity contribution < 1.29 is 9.47 Å². The van der Waals surface area contributed by atoms with E-state index in [-0.39, 0.29) is 0 Å². The molecule has 0 aliphatic heterocycles. The van der Waals surface area contributed by atoms with Crippen LogP contribution in [0, 0.1) is 0 Å². The van der Waals surface area contributed by atoms with Crippen LogP contribution in [0.25, 0.3) is 33.0 Å². The standard InChI is InChI=1S/C31H26O2/c1-32-27-16-12-23(13-17-27)30-26(20-22-8-4-3-5-9-22)21-25-10-6-7-11-29(25)31(30)24-14-18-28(33-2)19-15-24/h3-19,21H,20H2,1-2H3. The molecule has 0 bridgehead atoms. The fourth-order valence-corrected chi connectivity index (χ4v) is 4.51. The minimum Gasteiger partial charge on any atom is -0.497 e. The maximum absolute atomic E-state index is 5.43. The first-order chi connectivity index (χ1) is 16.3. The molecule has 0 saturated carbocycles. The van der Waals surface area contributed by atoms with Gasteiger partial charge in [0.1, 0.15) is 11.5 Å². The molecule has 0 radical (unpaired) electrons. The fourth-order valence-electron chi connectivity index (χ4n) is 4.51. The zero-order chi connectivity index (χ0) is 22.6. The third kappa shape index (κ3) is 4.20. The Labute approximate surface area is 195 Å². The predicted octanol–water partition coefficient (Wildman–Crippen LogP) is 7.78. The van der Waals surface area contributed by atoms with Crippen molar-refractivity contribution in [3.63, 3.8) is 0 Å². The minimum atomic E-state index is 0.856. The largest absolute Gasteiger partial charge is 0.497 e. The van der Waals surface area contributed by atoms with Crippen molar-refractivity contribution in [2.24, 2.45) is 0 Å². The van der Waals surface area contributed by atoms with Gasteiger partial charge in [-0.2, -0.15) is 0 Å². The van der Waals surface area contributed by atoms with Crippen LogP contribution in [-0.4, -0.2) is 14.2 Å². The van der Waals surface area contributed by atoms with E-state index < -0.39 is 0 Å². The number of hydrogen-bond acceptors (Lipinski definition) is 2. The van der Waals surface area contributed by atoms with Gasteiger partial charge in [-0.15, -0.1) is 0 Å². The number of benzene rings is 5. The van der Waals surface area contributed by atoms with E-state index in [0.717, 1.165) is 17.9 Å². The first kappa shape index (κ1) is 20.8. The molecular formula is C31H26O2. The molecule has 5 aromatic rings. The van der Waals surface area contributed by atoms with Gasteiger partial charge in [-0.05, 0) is 74.8 Å². The summed E-state index contributed by atoms with van der Waals surface area (Å²) >= 11 is 0. The number of hydrogen-bond donors (Lipinski definition) is 0. The van der Waals surface area contributed by atoms with E-state index in [1.807, 2.05) is 24.3 Å². The molecule has 0 spiro atoms.